The first-order chi connectivity index (χ1) is 11.5. The highest BCUT2D eigenvalue weighted by Crippen LogP contribution is 2.30. The fourth-order valence-electron chi connectivity index (χ4n) is 2.64. The van der Waals surface area contributed by atoms with Crippen molar-refractivity contribution < 1.29 is 8.78 Å². The van der Waals surface area contributed by atoms with Crippen LogP contribution in [0.1, 0.15) is 12.6 Å². The van der Waals surface area contributed by atoms with E-state index in [-0.39, 0.29) is 22.4 Å². The van der Waals surface area contributed by atoms with Gasteiger partial charge >= 0.3 is 0 Å². The van der Waals surface area contributed by atoms with Crippen LogP contribution in [0.25, 0.3) is 10.8 Å². The summed E-state index contributed by atoms with van der Waals surface area (Å²) in [6, 6.07) is 8.96. The molecule has 0 amide bonds. The summed E-state index contributed by atoms with van der Waals surface area (Å²) in [7, 11) is 0. The summed E-state index contributed by atoms with van der Waals surface area (Å²) in [4.78, 5) is 11.5. The molecule has 0 radical (unpaired) electrons. The van der Waals surface area contributed by atoms with Gasteiger partial charge in [0.05, 0.1) is 16.1 Å². The Kier molecular flexibility index (Phi) is 4.49. The molecule has 2 heterocycles. The van der Waals surface area contributed by atoms with Gasteiger partial charge in [-0.25, -0.2) is 13.9 Å². The van der Waals surface area contributed by atoms with Gasteiger partial charge in [0, 0.05) is 23.5 Å². The Balaban J connectivity index is 0.000000179. The van der Waals surface area contributed by atoms with Crippen LogP contribution in [0.15, 0.2) is 41.2 Å². The largest absolute Gasteiger partial charge is 0.382 e. The number of aromatic amines is 1. The van der Waals surface area contributed by atoms with Gasteiger partial charge in [0.2, 0.25) is 0 Å². The SMILES string of the molecule is CC1Cc2n[nH]c(=O)c3cc(F)cc(c23)N1.Fc1ccccc1Cl. The van der Waals surface area contributed by atoms with Crippen LogP contribution >= 0.6 is 11.6 Å². The Labute approximate surface area is 141 Å². The molecule has 1 aromatic heterocycles. The van der Waals surface area contributed by atoms with E-state index in [1.165, 1.54) is 24.3 Å². The quantitative estimate of drug-likeness (QED) is 0.647. The molecule has 7 heteroatoms. The van der Waals surface area contributed by atoms with E-state index in [1.807, 2.05) is 6.92 Å². The van der Waals surface area contributed by atoms with Crippen molar-refractivity contribution in [3.8, 4) is 0 Å². The van der Waals surface area contributed by atoms with Crippen molar-refractivity contribution in [1.82, 2.24) is 10.2 Å². The van der Waals surface area contributed by atoms with Crippen LogP contribution in [-0.4, -0.2) is 16.2 Å². The van der Waals surface area contributed by atoms with Crippen molar-refractivity contribution in [3.05, 3.63) is 69.1 Å². The highest BCUT2D eigenvalue weighted by atomic mass is 35.5. The molecule has 1 atom stereocenters. The lowest BCUT2D eigenvalue weighted by Gasteiger charge is -2.23. The lowest BCUT2D eigenvalue weighted by atomic mass is 9.99. The number of H-pyrrole nitrogens is 1. The summed E-state index contributed by atoms with van der Waals surface area (Å²) in [6.07, 6.45) is 0.728. The minimum atomic E-state index is -0.410. The van der Waals surface area contributed by atoms with Gasteiger partial charge in [0.1, 0.15) is 11.6 Å². The van der Waals surface area contributed by atoms with Gasteiger partial charge in [0.15, 0.2) is 0 Å². The number of aromatic nitrogens is 2. The van der Waals surface area contributed by atoms with E-state index in [0.717, 1.165) is 17.5 Å². The van der Waals surface area contributed by atoms with Crippen molar-refractivity contribution in [2.45, 2.75) is 19.4 Å². The Morgan fingerprint density at radius 1 is 1.25 bits per heavy atom. The number of benzene rings is 2. The molecule has 1 aliphatic rings. The van der Waals surface area contributed by atoms with E-state index < -0.39 is 5.82 Å². The Morgan fingerprint density at radius 3 is 2.67 bits per heavy atom. The van der Waals surface area contributed by atoms with E-state index in [4.69, 9.17) is 11.6 Å². The third-order valence-corrected chi connectivity index (χ3v) is 3.96. The van der Waals surface area contributed by atoms with Crippen molar-refractivity contribution in [2.24, 2.45) is 0 Å². The van der Waals surface area contributed by atoms with Crippen molar-refractivity contribution in [3.63, 3.8) is 0 Å². The minimum absolute atomic E-state index is 0.174. The van der Waals surface area contributed by atoms with Crippen LogP contribution < -0.4 is 10.9 Å². The zero-order valence-corrected chi connectivity index (χ0v) is 13.5. The molecule has 3 aromatic rings. The fourth-order valence-corrected chi connectivity index (χ4v) is 2.77. The topological polar surface area (TPSA) is 57.8 Å². The normalized spacial score (nSPS) is 15.4. The van der Waals surface area contributed by atoms with Crippen LogP contribution in [0, 0.1) is 11.6 Å². The number of hydrogen-bond acceptors (Lipinski definition) is 3. The van der Waals surface area contributed by atoms with Gasteiger partial charge in [-0.3, -0.25) is 4.79 Å². The summed E-state index contributed by atoms with van der Waals surface area (Å²) in [6.45, 7) is 1.99. The Bertz CT molecular complexity index is 937. The van der Waals surface area contributed by atoms with Crippen molar-refractivity contribution in [2.75, 3.05) is 5.32 Å². The minimum Gasteiger partial charge on any atom is -0.382 e. The molecular formula is C17H14ClF2N3O. The fraction of sp³-hybridized carbons (Fsp3) is 0.176. The zero-order chi connectivity index (χ0) is 17.3. The molecule has 24 heavy (non-hydrogen) atoms. The van der Waals surface area contributed by atoms with Crippen molar-refractivity contribution in [1.29, 1.82) is 0 Å². The van der Waals surface area contributed by atoms with E-state index in [9.17, 15) is 13.6 Å². The van der Waals surface area contributed by atoms with Crippen LogP contribution in [0.2, 0.25) is 5.02 Å². The van der Waals surface area contributed by atoms with Gasteiger partial charge < -0.3 is 5.32 Å². The first-order valence-electron chi connectivity index (χ1n) is 7.33. The van der Waals surface area contributed by atoms with Crippen LogP contribution in [-0.2, 0) is 6.42 Å². The van der Waals surface area contributed by atoms with Crippen LogP contribution in [0.4, 0.5) is 14.5 Å². The summed E-state index contributed by atoms with van der Waals surface area (Å²) < 4.78 is 25.5. The summed E-state index contributed by atoms with van der Waals surface area (Å²) in [5.74, 6) is -0.777. The number of nitrogens with zero attached hydrogens (tertiary/aromatic N) is 1. The zero-order valence-electron chi connectivity index (χ0n) is 12.7. The highest BCUT2D eigenvalue weighted by Gasteiger charge is 2.20. The second kappa shape index (κ2) is 6.57. The number of rotatable bonds is 0. The molecule has 124 valence electrons. The van der Waals surface area contributed by atoms with Gasteiger partial charge in [-0.05, 0) is 31.2 Å². The molecule has 2 N–H and O–H groups in total. The van der Waals surface area contributed by atoms with E-state index >= 15 is 0 Å². The monoisotopic (exact) mass is 349 g/mol. The van der Waals surface area contributed by atoms with Crippen LogP contribution in [0.5, 0.6) is 0 Å². The van der Waals surface area contributed by atoms with E-state index in [1.54, 1.807) is 12.1 Å². The number of hydrogen-bond donors (Lipinski definition) is 2. The van der Waals surface area contributed by atoms with Crippen LogP contribution in [0.3, 0.4) is 0 Å². The highest BCUT2D eigenvalue weighted by molar-refractivity contribution is 6.30. The molecule has 0 saturated heterocycles. The van der Waals surface area contributed by atoms with E-state index in [0.29, 0.717) is 11.1 Å². The Hall–Kier alpha value is -2.47. The molecular weight excluding hydrogens is 336 g/mol. The third kappa shape index (κ3) is 3.23. The predicted octanol–water partition coefficient (Wildman–Crippen LogP) is 3.90. The maximum Gasteiger partial charge on any atom is 0.272 e. The first-order valence-corrected chi connectivity index (χ1v) is 7.71. The Morgan fingerprint density at radius 2 is 2.00 bits per heavy atom. The average Bonchev–Trinajstić information content (AvgIpc) is 2.53. The summed E-state index contributed by atoms with van der Waals surface area (Å²) in [5, 5.41) is 10.9. The lowest BCUT2D eigenvalue weighted by Crippen LogP contribution is -2.26. The molecule has 1 aliphatic heterocycles. The maximum absolute atomic E-state index is 13.3. The van der Waals surface area contributed by atoms with Crippen molar-refractivity contribution >= 4 is 28.1 Å². The van der Waals surface area contributed by atoms with Gasteiger partial charge in [-0.2, -0.15) is 5.10 Å². The summed E-state index contributed by atoms with van der Waals surface area (Å²) >= 11 is 5.33. The smallest absolute Gasteiger partial charge is 0.272 e. The maximum atomic E-state index is 13.3. The molecule has 4 rings (SSSR count). The number of nitrogens with one attached hydrogen (secondary N) is 2. The molecule has 0 bridgehead atoms. The number of halogens is 3. The predicted molar refractivity (Wildman–Crippen MR) is 90.5 cm³/mol. The molecule has 0 spiro atoms. The second-order valence-corrected chi connectivity index (χ2v) is 5.95. The second-order valence-electron chi connectivity index (χ2n) is 5.54. The average molecular weight is 350 g/mol. The van der Waals surface area contributed by atoms with Gasteiger partial charge in [0.25, 0.3) is 5.56 Å². The molecule has 1 unspecified atom stereocenters. The standard InChI is InChI=1S/C11H10FN3O.C6H4ClF/c1-5-2-9-10-7(11(16)15-14-9)3-6(12)4-8(10)13-5;7-5-3-1-2-4-6(5)8/h3-5,13H,2H2,1H3,(H,15,16);1-4H. The van der Waals surface area contributed by atoms with Gasteiger partial charge in [-0.15, -0.1) is 0 Å². The van der Waals surface area contributed by atoms with E-state index in [2.05, 4.69) is 15.5 Å². The molecule has 2 aromatic carbocycles. The lowest BCUT2D eigenvalue weighted by molar-refractivity contribution is 0.628. The molecule has 0 aliphatic carbocycles. The molecule has 0 saturated carbocycles. The number of anilines is 1. The molecule has 0 fully saturated rings. The summed E-state index contributed by atoms with van der Waals surface area (Å²) in [5.41, 5.74) is 1.12. The third-order valence-electron chi connectivity index (χ3n) is 3.65. The molecule has 4 nitrogen and oxygen atoms in total. The van der Waals surface area contributed by atoms with Gasteiger partial charge in [-0.1, -0.05) is 23.7 Å². The first kappa shape index (κ1) is 16.4.